The van der Waals surface area contributed by atoms with Crippen molar-refractivity contribution < 1.29 is 5.11 Å². The Morgan fingerprint density at radius 1 is 1.36 bits per heavy atom. The molecular weight excluding hydrogens is 262 g/mol. The zero-order valence-corrected chi connectivity index (χ0v) is 10.5. The molecule has 0 atom stereocenters. The van der Waals surface area contributed by atoms with Crippen LogP contribution in [0.4, 0.5) is 0 Å². The minimum absolute atomic E-state index is 0.317. The molecule has 0 unspecified atom stereocenters. The second-order valence-corrected chi connectivity index (χ2v) is 5.10. The average molecular weight is 278 g/mol. The van der Waals surface area contributed by atoms with Crippen LogP contribution in [0.5, 0.6) is 0 Å². The first-order chi connectivity index (χ1) is 6.83. The maximum Gasteiger partial charge on any atom is 0.0431 e. The lowest BCUT2D eigenvalue weighted by Gasteiger charge is -2.01. The van der Waals surface area contributed by atoms with Crippen LogP contribution in [-0.4, -0.2) is 18.3 Å². The first kappa shape index (κ1) is 12.2. The normalized spacial score (nSPS) is 10.7. The molecule has 0 saturated carbocycles. The zero-order chi connectivity index (χ0) is 10.2. The fourth-order valence-electron chi connectivity index (χ4n) is 1.20. The molecule has 14 heavy (non-hydrogen) atoms. The van der Waals surface area contributed by atoms with Crippen molar-refractivity contribution >= 4 is 27.3 Å². The predicted molar refractivity (Wildman–Crippen MR) is 64.7 cm³/mol. The average Bonchev–Trinajstić information content (AvgIpc) is 2.58. The maximum atomic E-state index is 8.58. The number of nitrogens with one attached hydrogen (secondary N) is 1. The Bertz CT molecular complexity index is 252. The van der Waals surface area contributed by atoms with Gasteiger partial charge in [0.1, 0.15) is 0 Å². The quantitative estimate of drug-likeness (QED) is 0.752. The fraction of sp³-hybridized carbons (Fsp3) is 0.600. The monoisotopic (exact) mass is 277 g/mol. The van der Waals surface area contributed by atoms with Gasteiger partial charge in [0.05, 0.1) is 0 Å². The lowest BCUT2D eigenvalue weighted by molar-refractivity contribution is 0.283. The molecule has 4 heteroatoms. The Morgan fingerprint density at radius 2 is 2.21 bits per heavy atom. The van der Waals surface area contributed by atoms with Crippen molar-refractivity contribution in [2.75, 3.05) is 13.2 Å². The first-order valence-corrected chi connectivity index (χ1v) is 6.54. The molecule has 2 N–H and O–H groups in total. The largest absolute Gasteiger partial charge is 0.396 e. The van der Waals surface area contributed by atoms with Gasteiger partial charge in [-0.2, -0.15) is 0 Å². The van der Waals surface area contributed by atoms with E-state index < -0.39 is 0 Å². The van der Waals surface area contributed by atoms with Crippen LogP contribution in [0.2, 0.25) is 0 Å². The summed E-state index contributed by atoms with van der Waals surface area (Å²) in [5, 5.41) is 14.1. The number of aliphatic hydroxyl groups is 1. The highest BCUT2D eigenvalue weighted by Gasteiger charge is 1.96. The Morgan fingerprint density at radius 3 is 2.86 bits per heavy atom. The van der Waals surface area contributed by atoms with Crippen molar-refractivity contribution in [1.82, 2.24) is 5.32 Å². The Balaban J connectivity index is 1.99. The minimum atomic E-state index is 0.317. The third-order valence-electron chi connectivity index (χ3n) is 1.93. The lowest BCUT2D eigenvalue weighted by atomic mass is 10.2. The van der Waals surface area contributed by atoms with E-state index in [0.717, 1.165) is 32.4 Å². The van der Waals surface area contributed by atoms with Gasteiger partial charge in [-0.1, -0.05) is 0 Å². The van der Waals surface area contributed by atoms with Gasteiger partial charge in [0.2, 0.25) is 0 Å². The van der Waals surface area contributed by atoms with Crippen LogP contribution in [-0.2, 0) is 6.54 Å². The van der Waals surface area contributed by atoms with Gasteiger partial charge in [0, 0.05) is 27.9 Å². The highest BCUT2D eigenvalue weighted by molar-refractivity contribution is 9.10. The van der Waals surface area contributed by atoms with Crippen LogP contribution in [0.3, 0.4) is 0 Å². The topological polar surface area (TPSA) is 32.3 Å². The molecule has 1 rings (SSSR count). The van der Waals surface area contributed by atoms with Gasteiger partial charge in [0.25, 0.3) is 0 Å². The number of hydrogen-bond donors (Lipinski definition) is 2. The summed E-state index contributed by atoms with van der Waals surface area (Å²) in [6.07, 6.45) is 3.18. The molecule has 0 aromatic carbocycles. The summed E-state index contributed by atoms with van der Waals surface area (Å²) in [5.41, 5.74) is 0. The number of unbranched alkanes of at least 4 members (excludes halogenated alkanes) is 2. The van der Waals surface area contributed by atoms with Crippen molar-refractivity contribution in [3.05, 3.63) is 20.8 Å². The SMILES string of the molecule is OCCCCCNCc1cc(Br)cs1. The van der Waals surface area contributed by atoms with Crippen molar-refractivity contribution in [1.29, 1.82) is 0 Å². The van der Waals surface area contributed by atoms with E-state index in [9.17, 15) is 0 Å². The summed E-state index contributed by atoms with van der Waals surface area (Å²) in [5.74, 6) is 0. The smallest absolute Gasteiger partial charge is 0.0431 e. The van der Waals surface area contributed by atoms with E-state index in [1.165, 1.54) is 9.35 Å². The van der Waals surface area contributed by atoms with Gasteiger partial charge in [-0.15, -0.1) is 11.3 Å². The molecule has 1 aromatic heterocycles. The Kier molecular flexibility index (Phi) is 6.43. The van der Waals surface area contributed by atoms with Gasteiger partial charge in [-0.05, 0) is 47.8 Å². The molecule has 0 aliphatic carbocycles. The number of rotatable bonds is 7. The predicted octanol–water partition coefficient (Wildman–Crippen LogP) is 2.76. The second-order valence-electron chi connectivity index (χ2n) is 3.19. The summed E-state index contributed by atoms with van der Waals surface area (Å²) in [6, 6.07) is 2.14. The van der Waals surface area contributed by atoms with Crippen LogP contribution in [0.25, 0.3) is 0 Å². The van der Waals surface area contributed by atoms with Crippen LogP contribution >= 0.6 is 27.3 Å². The number of aliphatic hydroxyl groups excluding tert-OH is 1. The number of hydrogen-bond acceptors (Lipinski definition) is 3. The number of halogens is 1. The molecule has 1 aromatic rings. The van der Waals surface area contributed by atoms with Gasteiger partial charge < -0.3 is 10.4 Å². The third-order valence-corrected chi connectivity index (χ3v) is 3.63. The van der Waals surface area contributed by atoms with Crippen molar-refractivity contribution in [3.63, 3.8) is 0 Å². The summed E-state index contributed by atoms with van der Waals surface area (Å²) in [7, 11) is 0. The summed E-state index contributed by atoms with van der Waals surface area (Å²) >= 11 is 5.20. The lowest BCUT2D eigenvalue weighted by Crippen LogP contribution is -2.13. The Hall–Kier alpha value is 0.1000. The van der Waals surface area contributed by atoms with E-state index in [1.807, 2.05) is 0 Å². The summed E-state index contributed by atoms with van der Waals surface area (Å²) < 4.78 is 1.17. The standard InChI is InChI=1S/C10H16BrNOS/c11-9-6-10(14-8-9)7-12-4-2-1-3-5-13/h6,8,12-13H,1-5,7H2. The van der Waals surface area contributed by atoms with Crippen LogP contribution in [0.15, 0.2) is 15.9 Å². The van der Waals surface area contributed by atoms with Gasteiger partial charge in [-0.25, -0.2) is 0 Å². The summed E-state index contributed by atoms with van der Waals surface area (Å²) in [4.78, 5) is 1.36. The maximum absolute atomic E-state index is 8.58. The molecule has 0 radical (unpaired) electrons. The van der Waals surface area contributed by atoms with E-state index in [4.69, 9.17) is 5.11 Å². The molecule has 0 fully saturated rings. The number of thiophene rings is 1. The fourth-order valence-corrected chi connectivity index (χ4v) is 2.62. The molecule has 80 valence electrons. The molecular formula is C10H16BrNOS. The van der Waals surface area contributed by atoms with Crippen LogP contribution in [0, 0.1) is 0 Å². The van der Waals surface area contributed by atoms with E-state index in [1.54, 1.807) is 11.3 Å². The Labute approximate surface area is 97.5 Å². The molecule has 0 aliphatic rings. The molecule has 0 aliphatic heterocycles. The zero-order valence-electron chi connectivity index (χ0n) is 8.13. The highest BCUT2D eigenvalue weighted by atomic mass is 79.9. The van der Waals surface area contributed by atoms with Crippen LogP contribution < -0.4 is 5.32 Å². The van der Waals surface area contributed by atoms with E-state index in [2.05, 4.69) is 32.7 Å². The van der Waals surface area contributed by atoms with Gasteiger partial charge in [-0.3, -0.25) is 0 Å². The van der Waals surface area contributed by atoms with Crippen molar-refractivity contribution in [2.45, 2.75) is 25.8 Å². The van der Waals surface area contributed by atoms with E-state index in [-0.39, 0.29) is 0 Å². The first-order valence-electron chi connectivity index (χ1n) is 4.87. The molecule has 1 heterocycles. The third kappa shape index (κ3) is 5.10. The van der Waals surface area contributed by atoms with E-state index in [0.29, 0.717) is 6.61 Å². The van der Waals surface area contributed by atoms with Crippen LogP contribution in [0.1, 0.15) is 24.1 Å². The minimum Gasteiger partial charge on any atom is -0.396 e. The van der Waals surface area contributed by atoms with Crippen molar-refractivity contribution in [3.8, 4) is 0 Å². The molecule has 0 spiro atoms. The van der Waals surface area contributed by atoms with E-state index >= 15 is 0 Å². The molecule has 0 saturated heterocycles. The molecule has 0 bridgehead atoms. The van der Waals surface area contributed by atoms with Gasteiger partial charge in [0.15, 0.2) is 0 Å². The highest BCUT2D eigenvalue weighted by Crippen LogP contribution is 2.19. The van der Waals surface area contributed by atoms with Gasteiger partial charge >= 0.3 is 0 Å². The summed E-state index contributed by atoms with van der Waals surface area (Å²) in [6.45, 7) is 2.31. The second kappa shape index (κ2) is 7.40. The molecule has 0 amide bonds. The molecule has 2 nitrogen and oxygen atoms in total. The van der Waals surface area contributed by atoms with Crippen molar-refractivity contribution in [2.24, 2.45) is 0 Å².